The molecule has 43 heavy (non-hydrogen) atoms. The number of hydrogen-bond donors (Lipinski definition) is 1. The fraction of sp³-hybridized carbons (Fsp3) is 0.667. The summed E-state index contributed by atoms with van der Waals surface area (Å²) in [6.07, 6.45) is -8.11. The Balaban J connectivity index is 1.33. The summed E-state index contributed by atoms with van der Waals surface area (Å²) in [6.45, 7) is 3.78. The van der Waals surface area contributed by atoms with Crippen LogP contribution in [0.1, 0.15) is 32.1 Å². The number of amides is 2. The Kier molecular flexibility index (Phi) is 8.54. The number of likely N-dealkylation sites (tertiary alicyclic amines) is 1. The normalized spacial score (nSPS) is 24.7. The number of nitrogens with one attached hydrogen (secondary N) is 1. The number of hydrogen-bond acceptors (Lipinski definition) is 9. The van der Waals surface area contributed by atoms with Crippen LogP contribution in [0.4, 0.5) is 23.7 Å². The summed E-state index contributed by atoms with van der Waals surface area (Å²) >= 11 is 6.48. The zero-order chi connectivity index (χ0) is 31.2. The molecular formula is C27H33ClF3N5O6S. The lowest BCUT2D eigenvalue weighted by Gasteiger charge is -2.36. The Morgan fingerprint density at radius 1 is 1.16 bits per heavy atom. The monoisotopic (exact) mass is 647 g/mol. The fourth-order valence-corrected chi connectivity index (χ4v) is 7.84. The molecule has 236 valence electrons. The molecule has 5 rings (SSSR count). The first-order valence-electron chi connectivity index (χ1n) is 14.0. The van der Waals surface area contributed by atoms with E-state index in [2.05, 4.69) is 15.1 Å². The van der Waals surface area contributed by atoms with Crippen LogP contribution in [0.3, 0.4) is 0 Å². The third-order valence-electron chi connectivity index (χ3n) is 8.73. The van der Waals surface area contributed by atoms with Gasteiger partial charge in [0.1, 0.15) is 11.0 Å². The summed E-state index contributed by atoms with van der Waals surface area (Å²) in [5, 5.41) is 10.2. The van der Waals surface area contributed by atoms with E-state index in [-0.39, 0.29) is 9.92 Å². The number of carbonyl (C=O) groups excluding carboxylic acids is 2. The molecule has 0 bridgehead atoms. The third-order valence-corrected chi connectivity index (χ3v) is 11.3. The molecule has 2 heterocycles. The van der Waals surface area contributed by atoms with Crippen molar-refractivity contribution in [2.45, 2.75) is 60.2 Å². The molecule has 2 aliphatic heterocycles. The van der Waals surface area contributed by atoms with Crippen LogP contribution in [0.25, 0.3) is 0 Å². The van der Waals surface area contributed by atoms with Crippen molar-refractivity contribution in [2.24, 2.45) is 5.41 Å². The Morgan fingerprint density at radius 2 is 1.84 bits per heavy atom. The molecule has 0 unspecified atom stereocenters. The second kappa shape index (κ2) is 11.6. The molecule has 4 aliphatic rings. The first-order chi connectivity index (χ1) is 20.2. The third kappa shape index (κ3) is 6.25. The second-order valence-electron chi connectivity index (χ2n) is 11.6. The largest absolute Gasteiger partial charge is 0.425 e. The summed E-state index contributed by atoms with van der Waals surface area (Å²) in [5.41, 5.74) is -3.05. The number of alkyl carbamates (subject to hydrolysis) is 1. The molecule has 16 heteroatoms. The number of piperazine rings is 1. The quantitative estimate of drug-likeness (QED) is 0.430. The van der Waals surface area contributed by atoms with Crippen molar-refractivity contribution >= 4 is 39.1 Å². The van der Waals surface area contributed by atoms with Gasteiger partial charge < -0.3 is 24.6 Å². The van der Waals surface area contributed by atoms with Crippen molar-refractivity contribution in [1.82, 2.24) is 15.1 Å². The highest BCUT2D eigenvalue weighted by Crippen LogP contribution is 2.59. The van der Waals surface area contributed by atoms with Gasteiger partial charge in [-0.15, -0.1) is 0 Å². The van der Waals surface area contributed by atoms with E-state index in [1.807, 2.05) is 6.07 Å². The maximum Gasteiger partial charge on any atom is 0.410 e. The van der Waals surface area contributed by atoms with Crippen molar-refractivity contribution in [2.75, 3.05) is 57.9 Å². The number of ether oxygens (including phenoxy) is 2. The van der Waals surface area contributed by atoms with E-state index in [1.54, 1.807) is 19.2 Å². The summed E-state index contributed by atoms with van der Waals surface area (Å²) in [5.74, 6) is -1.33. The predicted molar refractivity (Wildman–Crippen MR) is 148 cm³/mol. The molecule has 11 nitrogen and oxygen atoms in total. The lowest BCUT2D eigenvalue weighted by molar-refractivity contribution is -0.201. The summed E-state index contributed by atoms with van der Waals surface area (Å²) in [7, 11) is -2.63. The molecule has 2 saturated carbocycles. The predicted octanol–water partition coefficient (Wildman–Crippen LogP) is 2.93. The van der Waals surface area contributed by atoms with Crippen molar-refractivity contribution in [1.29, 1.82) is 5.26 Å². The van der Waals surface area contributed by atoms with Gasteiger partial charge in [-0.1, -0.05) is 11.6 Å². The van der Waals surface area contributed by atoms with E-state index in [4.69, 9.17) is 21.1 Å². The van der Waals surface area contributed by atoms with Crippen LogP contribution >= 0.6 is 11.6 Å². The maximum absolute atomic E-state index is 13.8. The van der Waals surface area contributed by atoms with E-state index < -0.39 is 76.3 Å². The van der Waals surface area contributed by atoms with Crippen molar-refractivity contribution < 1.29 is 40.7 Å². The van der Waals surface area contributed by atoms with Gasteiger partial charge in [-0.25, -0.2) is 13.2 Å². The van der Waals surface area contributed by atoms with E-state index >= 15 is 0 Å². The zero-order valence-electron chi connectivity index (χ0n) is 23.5. The van der Waals surface area contributed by atoms with Crippen LogP contribution in [-0.4, -0.2) is 106 Å². The maximum atomic E-state index is 13.8. The number of nitrogens with zero attached hydrogens (tertiary/aromatic N) is 4. The van der Waals surface area contributed by atoms with Gasteiger partial charge in [-0.3, -0.25) is 9.69 Å². The molecule has 0 spiro atoms. The highest BCUT2D eigenvalue weighted by molar-refractivity contribution is 7.92. The van der Waals surface area contributed by atoms with Gasteiger partial charge >= 0.3 is 12.3 Å². The molecule has 2 amide bonds. The van der Waals surface area contributed by atoms with E-state index in [0.717, 1.165) is 25.3 Å². The van der Waals surface area contributed by atoms with Crippen molar-refractivity contribution in [3.8, 4) is 6.07 Å². The Bertz CT molecular complexity index is 1400. The molecule has 0 radical (unpaired) electrons. The molecule has 4 fully saturated rings. The molecule has 2 atom stereocenters. The van der Waals surface area contributed by atoms with Crippen LogP contribution < -0.4 is 10.2 Å². The number of rotatable bonds is 9. The van der Waals surface area contributed by atoms with E-state index in [1.165, 1.54) is 6.07 Å². The number of nitriles is 1. The minimum Gasteiger partial charge on any atom is -0.425 e. The standard InChI is InChI=1S/C27H33ClF3N5O6S/c1-41-13-12-34-8-10-35(11-9-34)18-2-3-21(20(28)14-18)43(39,40)19-15-22(42-24(38)33-25(17-32)4-5-25)36(16-19)23(37)26(6-7-26)27(29,30)31/h2-3,14,19,22H,4-13,15-16H2,1H3,(H,33,38)/t19-,22+/m1/s1. The smallest absolute Gasteiger partial charge is 0.410 e. The van der Waals surface area contributed by atoms with E-state index in [9.17, 15) is 36.4 Å². The van der Waals surface area contributed by atoms with Crippen LogP contribution in [0.5, 0.6) is 0 Å². The molecule has 0 aromatic heterocycles. The van der Waals surface area contributed by atoms with Gasteiger partial charge in [0.25, 0.3) is 0 Å². The van der Waals surface area contributed by atoms with Gasteiger partial charge in [-0.2, -0.15) is 18.4 Å². The van der Waals surface area contributed by atoms with Crippen LogP contribution in [0, 0.1) is 16.7 Å². The molecule has 1 aromatic rings. The summed E-state index contributed by atoms with van der Waals surface area (Å²) in [6, 6.07) is 6.46. The number of sulfone groups is 1. The minimum absolute atomic E-state index is 0.0575. The summed E-state index contributed by atoms with van der Waals surface area (Å²) < 4.78 is 79.4. The molecule has 1 N–H and O–H groups in total. The SMILES string of the molecule is COCCN1CCN(c2ccc(S(=O)(=O)[C@@H]3C[C@H](OC(=O)NC4(C#N)CC4)N(C(=O)C4(C(F)(F)F)CC4)C3)c(Cl)c2)CC1. The van der Waals surface area contributed by atoms with Crippen LogP contribution in [-0.2, 0) is 24.1 Å². The topological polar surface area (TPSA) is 132 Å². The van der Waals surface area contributed by atoms with Gasteiger partial charge in [0.2, 0.25) is 5.91 Å². The van der Waals surface area contributed by atoms with Crippen molar-refractivity contribution in [3.63, 3.8) is 0 Å². The number of methoxy groups -OCH3 is 1. The van der Waals surface area contributed by atoms with Gasteiger partial charge in [0.05, 0.1) is 27.8 Å². The van der Waals surface area contributed by atoms with Gasteiger partial charge in [0, 0.05) is 58.5 Å². The lowest BCUT2D eigenvalue weighted by atomic mass is 10.1. The number of benzene rings is 1. The van der Waals surface area contributed by atoms with Crippen LogP contribution in [0.15, 0.2) is 23.1 Å². The van der Waals surface area contributed by atoms with Gasteiger partial charge in [0.15, 0.2) is 16.1 Å². The highest BCUT2D eigenvalue weighted by atomic mass is 35.5. The first-order valence-corrected chi connectivity index (χ1v) is 16.0. The first kappa shape index (κ1) is 31.6. The Hall–Kier alpha value is -2.80. The number of halogens is 4. The second-order valence-corrected chi connectivity index (χ2v) is 14.2. The fourth-order valence-electron chi connectivity index (χ4n) is 5.62. The van der Waals surface area contributed by atoms with Crippen LogP contribution in [0.2, 0.25) is 5.02 Å². The summed E-state index contributed by atoms with van der Waals surface area (Å²) in [4.78, 5) is 30.6. The minimum atomic E-state index is -4.85. The number of anilines is 1. The molecule has 2 aliphatic carbocycles. The molecule has 1 aromatic carbocycles. The van der Waals surface area contributed by atoms with Gasteiger partial charge in [-0.05, 0) is 43.9 Å². The highest BCUT2D eigenvalue weighted by Gasteiger charge is 2.70. The number of alkyl halides is 3. The molecular weight excluding hydrogens is 615 g/mol. The van der Waals surface area contributed by atoms with Crippen molar-refractivity contribution in [3.05, 3.63) is 23.2 Å². The van der Waals surface area contributed by atoms with E-state index in [0.29, 0.717) is 37.4 Å². The Morgan fingerprint density at radius 3 is 2.37 bits per heavy atom. The Labute approximate surface area is 252 Å². The average molecular weight is 648 g/mol. The number of carbonyl (C=O) groups is 2. The zero-order valence-corrected chi connectivity index (χ0v) is 25.1. The average Bonchev–Trinajstić information content (AvgIpc) is 3.88. The molecule has 2 saturated heterocycles. The lowest BCUT2D eigenvalue weighted by Crippen LogP contribution is -2.49.